The summed E-state index contributed by atoms with van der Waals surface area (Å²) < 4.78 is 10.6. The molecule has 31 heavy (non-hydrogen) atoms. The molecule has 1 aliphatic heterocycles. The van der Waals surface area contributed by atoms with Gasteiger partial charge in [0.05, 0.1) is 11.3 Å². The van der Waals surface area contributed by atoms with Gasteiger partial charge in [-0.2, -0.15) is 0 Å². The molecule has 0 radical (unpaired) electrons. The van der Waals surface area contributed by atoms with Crippen LogP contribution in [0.15, 0.2) is 42.5 Å². The van der Waals surface area contributed by atoms with Crippen LogP contribution in [-0.4, -0.2) is 24.4 Å². The molecular formula is C24H24N2O5. The number of para-hydroxylation sites is 1. The lowest BCUT2D eigenvalue weighted by molar-refractivity contribution is -0.136. The number of Topliss-reactive ketones (excluding diaryl/α,β-unsaturated/α-hetero) is 1. The number of benzene rings is 2. The van der Waals surface area contributed by atoms with Crippen molar-refractivity contribution < 1.29 is 23.9 Å². The number of hydrogen-bond donors (Lipinski definition) is 2. The van der Waals surface area contributed by atoms with Crippen molar-refractivity contribution in [3.8, 4) is 11.5 Å². The molecule has 2 N–H and O–H groups in total. The fourth-order valence-corrected chi connectivity index (χ4v) is 4.89. The van der Waals surface area contributed by atoms with E-state index in [1.54, 1.807) is 42.5 Å². The van der Waals surface area contributed by atoms with Crippen molar-refractivity contribution in [2.24, 2.45) is 17.8 Å². The Morgan fingerprint density at radius 3 is 2.45 bits per heavy atom. The Labute approximate surface area is 180 Å². The Bertz CT molecular complexity index is 1030. The van der Waals surface area contributed by atoms with E-state index >= 15 is 0 Å². The van der Waals surface area contributed by atoms with Gasteiger partial charge in [0, 0.05) is 29.5 Å². The van der Waals surface area contributed by atoms with Gasteiger partial charge < -0.3 is 20.1 Å². The number of fused-ring (bicyclic) bond motifs is 3. The fraction of sp³-hybridized carbons (Fsp3) is 0.375. The minimum atomic E-state index is -0.328. The highest BCUT2D eigenvalue weighted by Gasteiger charge is 2.41. The SMILES string of the molecule is O=C(Nc1ccc2c(c1)OCO2)c1ccccc1NC(=O)C1CC2CCCC(C1)C2=O. The van der Waals surface area contributed by atoms with Crippen LogP contribution in [-0.2, 0) is 9.59 Å². The minimum Gasteiger partial charge on any atom is -0.454 e. The monoisotopic (exact) mass is 420 g/mol. The van der Waals surface area contributed by atoms with Crippen molar-refractivity contribution in [3.63, 3.8) is 0 Å². The Kier molecular flexibility index (Phi) is 5.10. The molecule has 3 aliphatic rings. The van der Waals surface area contributed by atoms with E-state index in [9.17, 15) is 14.4 Å². The number of ketones is 1. The van der Waals surface area contributed by atoms with Gasteiger partial charge in [-0.25, -0.2) is 0 Å². The molecule has 2 aliphatic carbocycles. The standard InChI is InChI=1S/C24H24N2O5/c27-22-14-4-3-5-15(22)11-16(10-14)23(28)26-19-7-2-1-6-18(19)24(29)25-17-8-9-20-21(12-17)31-13-30-20/h1-2,6-9,12,14-16H,3-5,10-11,13H2,(H,25,29)(H,26,28). The van der Waals surface area contributed by atoms with E-state index in [-0.39, 0.29) is 36.4 Å². The third-order valence-corrected chi connectivity index (χ3v) is 6.48. The lowest BCUT2D eigenvalue weighted by Crippen LogP contribution is -2.40. The summed E-state index contributed by atoms with van der Waals surface area (Å²) in [6.07, 6.45) is 4.04. The second-order valence-corrected chi connectivity index (χ2v) is 8.45. The topological polar surface area (TPSA) is 93.7 Å². The molecule has 1 heterocycles. The van der Waals surface area contributed by atoms with Gasteiger partial charge in [-0.15, -0.1) is 0 Å². The molecule has 5 rings (SSSR count). The van der Waals surface area contributed by atoms with Crippen LogP contribution in [0.25, 0.3) is 0 Å². The van der Waals surface area contributed by atoms with Crippen LogP contribution in [0.5, 0.6) is 11.5 Å². The highest BCUT2D eigenvalue weighted by Crippen LogP contribution is 2.40. The minimum absolute atomic E-state index is 0.00722. The largest absolute Gasteiger partial charge is 0.454 e. The average molecular weight is 420 g/mol. The molecule has 2 unspecified atom stereocenters. The summed E-state index contributed by atoms with van der Waals surface area (Å²) in [7, 11) is 0. The zero-order valence-corrected chi connectivity index (χ0v) is 17.1. The van der Waals surface area contributed by atoms with E-state index in [0.717, 1.165) is 19.3 Å². The number of hydrogen-bond acceptors (Lipinski definition) is 5. The van der Waals surface area contributed by atoms with Crippen molar-refractivity contribution in [2.75, 3.05) is 17.4 Å². The predicted molar refractivity (Wildman–Crippen MR) is 114 cm³/mol. The van der Waals surface area contributed by atoms with Crippen LogP contribution >= 0.6 is 0 Å². The number of nitrogens with one attached hydrogen (secondary N) is 2. The first-order valence-corrected chi connectivity index (χ1v) is 10.7. The summed E-state index contributed by atoms with van der Waals surface area (Å²) >= 11 is 0. The van der Waals surface area contributed by atoms with E-state index in [1.807, 2.05) is 0 Å². The molecule has 2 aromatic carbocycles. The lowest BCUT2D eigenvalue weighted by Gasteiger charge is -2.37. The second kappa shape index (κ2) is 8.06. The number of ether oxygens (including phenoxy) is 2. The quantitative estimate of drug-likeness (QED) is 0.780. The molecule has 160 valence electrons. The van der Waals surface area contributed by atoms with Gasteiger partial charge >= 0.3 is 0 Å². The first-order valence-electron chi connectivity index (χ1n) is 10.7. The maximum atomic E-state index is 13.0. The second-order valence-electron chi connectivity index (χ2n) is 8.45. The molecule has 2 aromatic rings. The normalized spacial score (nSPS) is 23.9. The molecular weight excluding hydrogens is 396 g/mol. The Balaban J connectivity index is 1.29. The lowest BCUT2D eigenvalue weighted by atomic mass is 9.67. The molecule has 2 bridgehead atoms. The van der Waals surface area contributed by atoms with Gasteiger partial charge in [-0.1, -0.05) is 18.6 Å². The molecule has 7 heteroatoms. The summed E-state index contributed by atoms with van der Waals surface area (Å²) in [5.41, 5.74) is 1.42. The first kappa shape index (κ1) is 19.6. The Hall–Kier alpha value is -3.35. The van der Waals surface area contributed by atoms with Crippen molar-refractivity contribution in [1.82, 2.24) is 0 Å². The summed E-state index contributed by atoms with van der Waals surface area (Å²) in [4.78, 5) is 38.2. The molecule has 7 nitrogen and oxygen atoms in total. The molecule has 2 amide bonds. The number of carbonyl (C=O) groups is 3. The zero-order valence-electron chi connectivity index (χ0n) is 17.1. The van der Waals surface area contributed by atoms with Crippen LogP contribution < -0.4 is 20.1 Å². The summed E-state index contributed by atoms with van der Waals surface area (Å²) in [5.74, 6) is 0.925. The van der Waals surface area contributed by atoms with Crippen LogP contribution in [0.3, 0.4) is 0 Å². The van der Waals surface area contributed by atoms with Gasteiger partial charge in [0.2, 0.25) is 12.7 Å². The van der Waals surface area contributed by atoms with Gasteiger partial charge in [-0.05, 0) is 49.9 Å². The summed E-state index contributed by atoms with van der Waals surface area (Å²) in [6.45, 7) is 0.163. The molecule has 2 atom stereocenters. The first-order chi connectivity index (χ1) is 15.1. The number of anilines is 2. The van der Waals surface area contributed by atoms with E-state index in [1.165, 1.54) is 0 Å². The van der Waals surface area contributed by atoms with Gasteiger partial charge in [0.15, 0.2) is 11.5 Å². The Morgan fingerprint density at radius 1 is 0.903 bits per heavy atom. The summed E-state index contributed by atoms with van der Waals surface area (Å²) in [6, 6.07) is 12.1. The molecule has 2 saturated carbocycles. The summed E-state index contributed by atoms with van der Waals surface area (Å²) in [5, 5.41) is 5.79. The van der Waals surface area contributed by atoms with Gasteiger partial charge in [0.25, 0.3) is 5.91 Å². The molecule has 0 spiro atoms. The Morgan fingerprint density at radius 2 is 1.65 bits per heavy atom. The molecule has 2 fully saturated rings. The maximum Gasteiger partial charge on any atom is 0.257 e. The van der Waals surface area contributed by atoms with Crippen LogP contribution in [0.1, 0.15) is 42.5 Å². The van der Waals surface area contributed by atoms with Gasteiger partial charge in [-0.3, -0.25) is 14.4 Å². The van der Waals surface area contributed by atoms with Crippen LogP contribution in [0, 0.1) is 17.8 Å². The van der Waals surface area contributed by atoms with Crippen molar-refractivity contribution in [2.45, 2.75) is 32.1 Å². The van der Waals surface area contributed by atoms with Crippen LogP contribution in [0.4, 0.5) is 11.4 Å². The van der Waals surface area contributed by atoms with E-state index in [0.29, 0.717) is 47.1 Å². The maximum absolute atomic E-state index is 13.0. The zero-order chi connectivity index (χ0) is 21.4. The molecule has 0 aromatic heterocycles. The highest BCUT2D eigenvalue weighted by atomic mass is 16.7. The smallest absolute Gasteiger partial charge is 0.257 e. The van der Waals surface area contributed by atoms with Crippen LogP contribution in [0.2, 0.25) is 0 Å². The van der Waals surface area contributed by atoms with E-state index in [2.05, 4.69) is 10.6 Å². The average Bonchev–Trinajstić information content (AvgIpc) is 3.21. The van der Waals surface area contributed by atoms with E-state index in [4.69, 9.17) is 9.47 Å². The van der Waals surface area contributed by atoms with Gasteiger partial charge in [0.1, 0.15) is 5.78 Å². The third-order valence-electron chi connectivity index (χ3n) is 6.48. The number of rotatable bonds is 4. The third kappa shape index (κ3) is 3.87. The van der Waals surface area contributed by atoms with Crippen molar-refractivity contribution >= 4 is 29.0 Å². The number of carbonyl (C=O) groups excluding carboxylic acids is 3. The molecule has 0 saturated heterocycles. The number of amides is 2. The van der Waals surface area contributed by atoms with E-state index < -0.39 is 0 Å². The fourth-order valence-electron chi connectivity index (χ4n) is 4.89. The highest BCUT2D eigenvalue weighted by molar-refractivity contribution is 6.10. The van der Waals surface area contributed by atoms with Crippen molar-refractivity contribution in [1.29, 1.82) is 0 Å². The van der Waals surface area contributed by atoms with Crippen molar-refractivity contribution in [3.05, 3.63) is 48.0 Å². The predicted octanol–water partition coefficient (Wildman–Crippen LogP) is 4.00.